The first-order valence-corrected chi connectivity index (χ1v) is 9.67. The summed E-state index contributed by atoms with van der Waals surface area (Å²) in [5, 5.41) is 27.7. The number of para-hydroxylation sites is 1. The third-order valence-electron chi connectivity index (χ3n) is 4.15. The van der Waals surface area contributed by atoms with Crippen molar-refractivity contribution in [2.45, 2.75) is 17.1 Å². The number of benzene rings is 2. The fourth-order valence-electron chi connectivity index (χ4n) is 2.70. The fourth-order valence-corrected chi connectivity index (χ4v) is 3.52. The van der Waals surface area contributed by atoms with Crippen LogP contribution in [0.3, 0.4) is 0 Å². The van der Waals surface area contributed by atoms with Crippen molar-refractivity contribution >= 4 is 29.4 Å². The highest BCUT2D eigenvalue weighted by Crippen LogP contribution is 2.31. The van der Waals surface area contributed by atoms with Gasteiger partial charge < -0.3 is 0 Å². The van der Waals surface area contributed by atoms with E-state index in [2.05, 4.69) is 20.4 Å². The van der Waals surface area contributed by atoms with Crippen LogP contribution in [0.2, 0.25) is 0 Å². The second-order valence-electron chi connectivity index (χ2n) is 6.22. The molecule has 0 radical (unpaired) electrons. The van der Waals surface area contributed by atoms with Crippen molar-refractivity contribution in [1.29, 1.82) is 0 Å². The molecule has 0 saturated heterocycles. The summed E-state index contributed by atoms with van der Waals surface area (Å²) in [5.74, 6) is 0.484. The average molecular weight is 447 g/mol. The van der Waals surface area contributed by atoms with E-state index in [1.165, 1.54) is 45.6 Å². The van der Waals surface area contributed by atoms with E-state index in [0.29, 0.717) is 16.3 Å². The molecule has 0 aliphatic carbocycles. The first kappa shape index (κ1) is 20.5. The van der Waals surface area contributed by atoms with Crippen molar-refractivity contribution in [2.24, 2.45) is 5.10 Å². The number of fused-ring (bicyclic) bond motifs is 1. The van der Waals surface area contributed by atoms with E-state index >= 15 is 0 Å². The van der Waals surface area contributed by atoms with E-state index in [4.69, 9.17) is 0 Å². The topological polar surface area (TPSA) is 104 Å². The summed E-state index contributed by atoms with van der Waals surface area (Å²) in [5.41, 5.74) is -0.0322. The summed E-state index contributed by atoms with van der Waals surface area (Å²) in [4.78, 5) is 10.6. The monoisotopic (exact) mass is 447 g/mol. The smallest absolute Gasteiger partial charge is 0.258 e. The van der Waals surface area contributed by atoms with Gasteiger partial charge in [-0.25, -0.2) is 0 Å². The molecule has 0 bridgehead atoms. The molecule has 4 rings (SSSR count). The normalized spacial score (nSPS) is 12.1. The van der Waals surface area contributed by atoms with Crippen molar-refractivity contribution in [2.75, 3.05) is 0 Å². The predicted molar refractivity (Wildman–Crippen MR) is 106 cm³/mol. The number of aromatic nitrogens is 5. The van der Waals surface area contributed by atoms with Gasteiger partial charge in [0.15, 0.2) is 0 Å². The minimum atomic E-state index is -4.41. The number of nitro groups is 1. The quantitative estimate of drug-likeness (QED) is 0.191. The van der Waals surface area contributed by atoms with E-state index in [0.717, 1.165) is 12.1 Å². The number of hydrogen-bond donors (Lipinski definition) is 0. The molecular formula is C18H12F3N7O2S. The van der Waals surface area contributed by atoms with Gasteiger partial charge in [0, 0.05) is 11.8 Å². The van der Waals surface area contributed by atoms with E-state index < -0.39 is 16.7 Å². The number of nitro benzene ring substituents is 1. The standard InChI is InChI=1S/C18H12F3N7O2S/c19-18(20,21)14-6-3-4-12(8-14)10-31-17-25-24-16-26(11-23-27(16)17)22-9-13-5-1-2-7-15(13)28(29)30/h1-9,11H,10H2/b22-9+. The van der Waals surface area contributed by atoms with E-state index in [9.17, 15) is 23.3 Å². The highest BCUT2D eigenvalue weighted by atomic mass is 32.2. The Labute approximate surface area is 176 Å². The van der Waals surface area contributed by atoms with Gasteiger partial charge in [0.25, 0.3) is 11.5 Å². The van der Waals surface area contributed by atoms with Crippen LogP contribution in [0.15, 0.2) is 65.1 Å². The zero-order valence-electron chi connectivity index (χ0n) is 15.5. The number of nitrogens with zero attached hydrogens (tertiary/aromatic N) is 7. The van der Waals surface area contributed by atoms with Gasteiger partial charge in [-0.05, 0) is 17.7 Å². The third kappa shape index (κ3) is 4.40. The fraction of sp³-hybridized carbons (Fsp3) is 0.111. The molecule has 2 aromatic carbocycles. The zero-order valence-corrected chi connectivity index (χ0v) is 16.3. The second kappa shape index (κ2) is 8.18. The molecule has 0 aliphatic heterocycles. The van der Waals surface area contributed by atoms with Crippen LogP contribution < -0.4 is 0 Å². The molecule has 31 heavy (non-hydrogen) atoms. The summed E-state index contributed by atoms with van der Waals surface area (Å²) in [6.07, 6.45) is -1.75. The van der Waals surface area contributed by atoms with Crippen LogP contribution in [0.25, 0.3) is 5.78 Å². The van der Waals surface area contributed by atoms with Gasteiger partial charge >= 0.3 is 6.18 Å². The second-order valence-corrected chi connectivity index (χ2v) is 7.16. The number of hydrogen-bond acceptors (Lipinski definition) is 7. The van der Waals surface area contributed by atoms with Crippen LogP contribution in [0.1, 0.15) is 16.7 Å². The van der Waals surface area contributed by atoms with Gasteiger partial charge in [-0.15, -0.1) is 10.2 Å². The van der Waals surface area contributed by atoms with Gasteiger partial charge in [-0.2, -0.15) is 32.6 Å². The first-order chi connectivity index (χ1) is 14.8. The highest BCUT2D eigenvalue weighted by molar-refractivity contribution is 7.98. The molecule has 0 fully saturated rings. The third-order valence-corrected chi connectivity index (χ3v) is 5.14. The number of rotatable bonds is 6. The minimum Gasteiger partial charge on any atom is -0.258 e. The summed E-state index contributed by atoms with van der Waals surface area (Å²) >= 11 is 1.17. The molecule has 9 nitrogen and oxygen atoms in total. The molecule has 0 atom stereocenters. The maximum Gasteiger partial charge on any atom is 0.416 e. The lowest BCUT2D eigenvalue weighted by Crippen LogP contribution is -2.04. The average Bonchev–Trinajstić information content (AvgIpc) is 3.33. The maximum atomic E-state index is 12.9. The van der Waals surface area contributed by atoms with Crippen LogP contribution in [-0.2, 0) is 11.9 Å². The largest absolute Gasteiger partial charge is 0.416 e. The number of thioether (sulfide) groups is 1. The van der Waals surface area contributed by atoms with Gasteiger partial charge in [-0.3, -0.25) is 10.1 Å². The minimum absolute atomic E-state index is 0.0961. The SMILES string of the molecule is O=[N+]([O-])c1ccccc1/C=N/n1cnn2c(SCc3cccc(C(F)(F)F)c3)nnc12. The molecule has 158 valence electrons. The van der Waals surface area contributed by atoms with Crippen LogP contribution in [-0.4, -0.2) is 35.6 Å². The Bertz CT molecular complexity index is 1280. The van der Waals surface area contributed by atoms with E-state index in [1.807, 2.05) is 0 Å². The Kier molecular flexibility index (Phi) is 5.42. The molecule has 0 spiro atoms. The van der Waals surface area contributed by atoms with Gasteiger partial charge in [0.1, 0.15) is 6.33 Å². The molecule has 0 unspecified atom stereocenters. The van der Waals surface area contributed by atoms with Crippen LogP contribution in [0, 0.1) is 10.1 Å². The lowest BCUT2D eigenvalue weighted by atomic mass is 10.1. The Morgan fingerprint density at radius 2 is 1.97 bits per heavy atom. The van der Waals surface area contributed by atoms with Crippen molar-refractivity contribution in [3.8, 4) is 0 Å². The highest BCUT2D eigenvalue weighted by Gasteiger charge is 2.30. The van der Waals surface area contributed by atoms with Crippen molar-refractivity contribution < 1.29 is 18.1 Å². The van der Waals surface area contributed by atoms with Crippen molar-refractivity contribution in [1.82, 2.24) is 24.5 Å². The van der Waals surface area contributed by atoms with Crippen LogP contribution >= 0.6 is 11.8 Å². The molecule has 0 aliphatic rings. The molecule has 4 aromatic rings. The van der Waals surface area contributed by atoms with E-state index in [-0.39, 0.29) is 17.2 Å². The molecule has 0 amide bonds. The number of halogens is 3. The number of alkyl halides is 3. The maximum absolute atomic E-state index is 12.9. The molecule has 0 saturated carbocycles. The molecular weight excluding hydrogens is 435 g/mol. The Morgan fingerprint density at radius 1 is 1.16 bits per heavy atom. The predicted octanol–water partition coefficient (Wildman–Crippen LogP) is 4.03. The van der Waals surface area contributed by atoms with Crippen LogP contribution in [0.5, 0.6) is 0 Å². The van der Waals surface area contributed by atoms with Gasteiger partial charge in [0.2, 0.25) is 5.16 Å². The van der Waals surface area contributed by atoms with Gasteiger partial charge in [0.05, 0.1) is 22.3 Å². The molecule has 13 heteroatoms. The summed E-state index contributed by atoms with van der Waals surface area (Å²) < 4.78 is 41.3. The summed E-state index contributed by atoms with van der Waals surface area (Å²) in [6.45, 7) is 0. The summed E-state index contributed by atoms with van der Waals surface area (Å²) in [6, 6.07) is 11.2. The molecule has 0 N–H and O–H groups in total. The Morgan fingerprint density at radius 3 is 2.74 bits per heavy atom. The molecule has 2 aromatic heterocycles. The zero-order chi connectivity index (χ0) is 22.0. The lowest BCUT2D eigenvalue weighted by molar-refractivity contribution is -0.385. The van der Waals surface area contributed by atoms with Crippen molar-refractivity contribution in [3.05, 3.63) is 81.7 Å². The first-order valence-electron chi connectivity index (χ1n) is 8.68. The Balaban J connectivity index is 1.53. The lowest BCUT2D eigenvalue weighted by Gasteiger charge is -2.07. The van der Waals surface area contributed by atoms with E-state index in [1.54, 1.807) is 24.3 Å². The molecule has 2 heterocycles. The van der Waals surface area contributed by atoms with Gasteiger partial charge in [-0.1, -0.05) is 42.1 Å². The summed E-state index contributed by atoms with van der Waals surface area (Å²) in [7, 11) is 0. The Hall–Kier alpha value is -3.74. The van der Waals surface area contributed by atoms with Crippen molar-refractivity contribution in [3.63, 3.8) is 0 Å². The van der Waals surface area contributed by atoms with Crippen LogP contribution in [0.4, 0.5) is 18.9 Å².